The molecule has 2 N–H and O–H groups in total. The van der Waals surface area contributed by atoms with Crippen LogP contribution in [0.5, 0.6) is 0 Å². The Morgan fingerprint density at radius 1 is 1.07 bits per heavy atom. The van der Waals surface area contributed by atoms with Crippen LogP contribution in [0.1, 0.15) is 41.6 Å². The Labute approximate surface area is 163 Å². The number of carbonyl (C=O) groups excluding carboxylic acids is 3. The van der Waals surface area contributed by atoms with Crippen LogP contribution in [0.2, 0.25) is 0 Å². The van der Waals surface area contributed by atoms with Gasteiger partial charge in [-0.15, -0.1) is 0 Å². The van der Waals surface area contributed by atoms with E-state index in [-0.39, 0.29) is 24.1 Å². The zero-order chi connectivity index (χ0) is 19.5. The maximum atomic E-state index is 12.4. The molecule has 2 fully saturated rings. The Morgan fingerprint density at radius 3 is 2.54 bits per heavy atom. The molecule has 0 aromatic heterocycles. The van der Waals surface area contributed by atoms with Crippen LogP contribution in [-0.2, 0) is 16.0 Å². The van der Waals surface area contributed by atoms with Crippen molar-refractivity contribution in [2.45, 2.75) is 38.1 Å². The number of nitrogens with one attached hydrogen (secondary N) is 2. The van der Waals surface area contributed by atoms with Gasteiger partial charge in [-0.2, -0.15) is 0 Å². The van der Waals surface area contributed by atoms with E-state index in [9.17, 15) is 14.4 Å². The number of rotatable bonds is 6. The van der Waals surface area contributed by atoms with Crippen molar-refractivity contribution in [3.63, 3.8) is 0 Å². The Balaban J connectivity index is 1.35. The molecule has 0 radical (unpaired) electrons. The molecule has 0 bridgehead atoms. The molecule has 28 heavy (non-hydrogen) atoms. The van der Waals surface area contributed by atoms with E-state index in [4.69, 9.17) is 0 Å². The van der Waals surface area contributed by atoms with Gasteiger partial charge in [0.1, 0.15) is 0 Å². The molecule has 6 heteroatoms. The Hall–Kier alpha value is -3.15. The van der Waals surface area contributed by atoms with Crippen LogP contribution in [0, 0.1) is 0 Å². The summed E-state index contributed by atoms with van der Waals surface area (Å²) < 4.78 is 0. The average Bonchev–Trinajstić information content (AvgIpc) is 3.40. The summed E-state index contributed by atoms with van der Waals surface area (Å²) in [5, 5.41) is 5.79. The molecule has 6 nitrogen and oxygen atoms in total. The van der Waals surface area contributed by atoms with Crippen molar-refractivity contribution in [2.75, 3.05) is 16.8 Å². The second-order valence-corrected chi connectivity index (χ2v) is 7.37. The zero-order valence-corrected chi connectivity index (χ0v) is 15.6. The van der Waals surface area contributed by atoms with Crippen LogP contribution in [0.3, 0.4) is 0 Å². The number of nitrogens with zero attached hydrogens (tertiary/aromatic N) is 1. The van der Waals surface area contributed by atoms with Crippen LogP contribution < -0.4 is 15.5 Å². The van der Waals surface area contributed by atoms with Gasteiger partial charge in [-0.25, -0.2) is 0 Å². The molecule has 2 aromatic carbocycles. The van der Waals surface area contributed by atoms with E-state index in [1.807, 2.05) is 24.3 Å². The largest absolute Gasteiger partial charge is 0.349 e. The van der Waals surface area contributed by atoms with Gasteiger partial charge in [-0.3, -0.25) is 14.4 Å². The topological polar surface area (TPSA) is 78.5 Å². The lowest BCUT2D eigenvalue weighted by atomic mass is 10.1. The highest BCUT2D eigenvalue weighted by atomic mass is 16.2. The van der Waals surface area contributed by atoms with Crippen LogP contribution >= 0.6 is 0 Å². The van der Waals surface area contributed by atoms with Crippen molar-refractivity contribution < 1.29 is 14.4 Å². The van der Waals surface area contributed by atoms with Gasteiger partial charge in [0, 0.05) is 35.9 Å². The third-order valence-corrected chi connectivity index (χ3v) is 5.01. The summed E-state index contributed by atoms with van der Waals surface area (Å²) in [7, 11) is 0. The van der Waals surface area contributed by atoms with E-state index in [0.717, 1.165) is 37.1 Å². The van der Waals surface area contributed by atoms with Crippen molar-refractivity contribution in [3.8, 4) is 0 Å². The first-order valence-corrected chi connectivity index (χ1v) is 9.68. The minimum Gasteiger partial charge on any atom is -0.349 e. The van der Waals surface area contributed by atoms with Crippen molar-refractivity contribution >= 4 is 29.1 Å². The van der Waals surface area contributed by atoms with Gasteiger partial charge >= 0.3 is 0 Å². The number of hydrogen-bond donors (Lipinski definition) is 2. The van der Waals surface area contributed by atoms with Crippen LogP contribution in [0.4, 0.5) is 11.4 Å². The highest BCUT2D eigenvalue weighted by Crippen LogP contribution is 2.22. The van der Waals surface area contributed by atoms with Gasteiger partial charge in [-0.05, 0) is 55.2 Å². The fourth-order valence-corrected chi connectivity index (χ4v) is 3.34. The van der Waals surface area contributed by atoms with E-state index in [1.54, 1.807) is 29.2 Å². The number of anilines is 2. The summed E-state index contributed by atoms with van der Waals surface area (Å²) in [6, 6.07) is 14.8. The minimum atomic E-state index is -0.148. The van der Waals surface area contributed by atoms with Crippen LogP contribution in [0.15, 0.2) is 48.5 Å². The Morgan fingerprint density at radius 2 is 1.86 bits per heavy atom. The summed E-state index contributed by atoms with van der Waals surface area (Å²) in [5.74, 6) is -0.105. The lowest BCUT2D eigenvalue weighted by molar-refractivity contribution is -0.117. The van der Waals surface area contributed by atoms with Crippen molar-refractivity contribution in [1.29, 1.82) is 0 Å². The molecule has 1 aliphatic carbocycles. The second-order valence-electron chi connectivity index (χ2n) is 7.37. The number of benzene rings is 2. The summed E-state index contributed by atoms with van der Waals surface area (Å²) in [4.78, 5) is 38.1. The molecule has 1 saturated heterocycles. The number of carbonyl (C=O) groups is 3. The quantitative estimate of drug-likeness (QED) is 0.812. The predicted octanol–water partition coefficient (Wildman–Crippen LogP) is 2.89. The van der Waals surface area contributed by atoms with Crippen molar-refractivity contribution in [3.05, 3.63) is 59.7 Å². The molecular weight excluding hydrogens is 354 g/mol. The smallest absolute Gasteiger partial charge is 0.251 e. The van der Waals surface area contributed by atoms with Gasteiger partial charge in [0.25, 0.3) is 5.91 Å². The highest BCUT2D eigenvalue weighted by Gasteiger charge is 2.24. The molecule has 0 spiro atoms. The molecule has 2 aromatic rings. The Kier molecular flexibility index (Phi) is 5.10. The number of amides is 3. The first kappa shape index (κ1) is 18.2. The first-order valence-electron chi connectivity index (χ1n) is 9.68. The summed E-state index contributed by atoms with van der Waals surface area (Å²) in [6.07, 6.45) is 3.79. The van der Waals surface area contributed by atoms with E-state index in [1.165, 1.54) is 0 Å². The van der Waals surface area contributed by atoms with E-state index < -0.39 is 0 Å². The molecular formula is C22H23N3O3. The second kappa shape index (κ2) is 7.84. The van der Waals surface area contributed by atoms with Gasteiger partial charge in [0.15, 0.2) is 0 Å². The van der Waals surface area contributed by atoms with E-state index >= 15 is 0 Å². The number of hydrogen-bond acceptors (Lipinski definition) is 3. The zero-order valence-electron chi connectivity index (χ0n) is 15.6. The highest BCUT2D eigenvalue weighted by molar-refractivity contribution is 5.98. The third kappa shape index (κ3) is 4.39. The lowest BCUT2D eigenvalue weighted by Gasteiger charge is -2.16. The molecule has 144 valence electrons. The maximum absolute atomic E-state index is 12.4. The molecule has 1 saturated carbocycles. The van der Waals surface area contributed by atoms with Crippen LogP contribution in [0.25, 0.3) is 0 Å². The van der Waals surface area contributed by atoms with E-state index in [2.05, 4.69) is 10.6 Å². The van der Waals surface area contributed by atoms with Gasteiger partial charge < -0.3 is 15.5 Å². The lowest BCUT2D eigenvalue weighted by Crippen LogP contribution is -2.25. The summed E-state index contributed by atoms with van der Waals surface area (Å²) in [5.41, 5.74) is 2.90. The molecule has 0 atom stereocenters. The van der Waals surface area contributed by atoms with Crippen molar-refractivity contribution in [1.82, 2.24) is 5.32 Å². The van der Waals surface area contributed by atoms with E-state index in [0.29, 0.717) is 23.7 Å². The van der Waals surface area contributed by atoms with Crippen LogP contribution in [-0.4, -0.2) is 30.3 Å². The molecule has 3 amide bonds. The van der Waals surface area contributed by atoms with Gasteiger partial charge in [0.05, 0.1) is 6.42 Å². The van der Waals surface area contributed by atoms with Crippen molar-refractivity contribution in [2.24, 2.45) is 0 Å². The SMILES string of the molecule is O=C(Cc1ccc(N2CCCC2=O)cc1)Nc1cccc(C(=O)NC2CC2)c1. The fourth-order valence-electron chi connectivity index (χ4n) is 3.34. The summed E-state index contributed by atoms with van der Waals surface area (Å²) >= 11 is 0. The standard InChI is InChI=1S/C22H23N3O3/c26-20(13-15-6-10-19(11-7-15)25-12-2-5-21(25)27)23-18-4-1-3-16(14-18)22(28)24-17-8-9-17/h1,3-4,6-7,10-11,14,17H,2,5,8-9,12-13H2,(H,23,26)(H,24,28). The minimum absolute atomic E-state index is 0.106. The third-order valence-electron chi connectivity index (χ3n) is 5.01. The normalized spacial score (nSPS) is 16.1. The molecule has 1 aliphatic heterocycles. The first-order chi connectivity index (χ1) is 13.6. The molecule has 1 heterocycles. The predicted molar refractivity (Wildman–Crippen MR) is 107 cm³/mol. The molecule has 0 unspecified atom stereocenters. The maximum Gasteiger partial charge on any atom is 0.251 e. The monoisotopic (exact) mass is 377 g/mol. The summed E-state index contributed by atoms with van der Waals surface area (Å²) in [6.45, 7) is 0.753. The van der Waals surface area contributed by atoms with Gasteiger partial charge in [-0.1, -0.05) is 18.2 Å². The molecule has 4 rings (SSSR count). The van der Waals surface area contributed by atoms with Gasteiger partial charge in [0.2, 0.25) is 11.8 Å². The Bertz CT molecular complexity index is 903. The fraction of sp³-hybridized carbons (Fsp3) is 0.318. The molecule has 2 aliphatic rings. The average molecular weight is 377 g/mol.